The lowest BCUT2D eigenvalue weighted by molar-refractivity contribution is -0.165. The van der Waals surface area contributed by atoms with E-state index in [4.69, 9.17) is 9.47 Å². The average Bonchev–Trinajstić information content (AvgIpc) is 3.88. The number of aliphatic hydroxyl groups excluding tert-OH is 1. The lowest BCUT2D eigenvalue weighted by Crippen LogP contribution is -2.58. The Morgan fingerprint density at radius 3 is 2.54 bits per heavy atom. The molecule has 1 N–H and O–H groups in total. The molecule has 1 aromatic heterocycles. The van der Waals surface area contributed by atoms with Gasteiger partial charge in [-0.2, -0.15) is 0 Å². The van der Waals surface area contributed by atoms with Gasteiger partial charge in [-0.3, -0.25) is 19.2 Å². The minimum atomic E-state index is -1.39. The summed E-state index contributed by atoms with van der Waals surface area (Å²) in [5.41, 5.74) is 0.674. The summed E-state index contributed by atoms with van der Waals surface area (Å²) < 4.78 is 14.6. The highest BCUT2D eigenvalue weighted by molar-refractivity contribution is 9.09. The van der Waals surface area contributed by atoms with E-state index in [1.54, 1.807) is 35.7 Å². The molecule has 3 aromatic rings. The second-order valence-corrected chi connectivity index (χ2v) is 15.0. The maximum Gasteiger partial charge on any atom is 0.313 e. The summed E-state index contributed by atoms with van der Waals surface area (Å²) in [5, 5.41) is 18.8. The maximum atomic E-state index is 14.8. The number of rotatable bonds is 15. The number of likely N-dealkylation sites (tertiary alicyclic amines) is 1. The van der Waals surface area contributed by atoms with E-state index in [-0.39, 0.29) is 36.8 Å². The number of nitrogens with zero attached hydrogens (tertiary/aromatic N) is 6. The molecule has 3 fully saturated rings. The third kappa shape index (κ3) is 6.45. The van der Waals surface area contributed by atoms with Crippen molar-refractivity contribution in [1.82, 2.24) is 29.7 Å². The molecule has 276 valence electrons. The number of para-hydroxylation sites is 1. The van der Waals surface area contributed by atoms with Gasteiger partial charge in [0.15, 0.2) is 0 Å². The molecule has 0 radical (unpaired) electrons. The molecular weight excluding hydrogens is 732 g/mol. The molecule has 2 bridgehead atoms. The lowest BCUT2D eigenvalue weighted by atomic mass is 9.70. The first-order valence-electron chi connectivity index (χ1n) is 17.5. The molecule has 14 heteroatoms. The number of esters is 1. The number of aromatic nitrogens is 3. The van der Waals surface area contributed by atoms with Crippen LogP contribution < -0.4 is 0 Å². The van der Waals surface area contributed by atoms with Crippen LogP contribution in [0.5, 0.6) is 0 Å². The quantitative estimate of drug-likeness (QED) is 0.139. The molecule has 9 atom stereocenters. The van der Waals surface area contributed by atoms with Gasteiger partial charge in [0, 0.05) is 24.8 Å². The third-order valence-corrected chi connectivity index (χ3v) is 11.6. The highest BCUT2D eigenvalue weighted by Gasteiger charge is 2.77. The Hall–Kier alpha value is -4.40. The van der Waals surface area contributed by atoms with E-state index < -0.39 is 72.2 Å². The van der Waals surface area contributed by atoms with E-state index in [0.29, 0.717) is 17.5 Å². The second kappa shape index (κ2) is 15.3. The fourth-order valence-corrected chi connectivity index (χ4v) is 8.97. The second-order valence-electron chi connectivity index (χ2n) is 13.8. The van der Waals surface area contributed by atoms with Crippen LogP contribution in [0.3, 0.4) is 0 Å². The van der Waals surface area contributed by atoms with Crippen molar-refractivity contribution in [2.75, 3.05) is 20.2 Å². The summed E-state index contributed by atoms with van der Waals surface area (Å²) in [7, 11) is 1.67. The molecule has 13 nitrogen and oxygen atoms in total. The van der Waals surface area contributed by atoms with Crippen LogP contribution in [-0.4, -0.2) is 113 Å². The number of likely N-dealkylation sites (N-methyl/N-ethyl adjacent to an activating group) is 1. The van der Waals surface area contributed by atoms with Crippen molar-refractivity contribution in [3.8, 4) is 0 Å². The number of aliphatic hydroxyl groups is 1. The Labute approximate surface area is 311 Å². The number of hydrogen-bond donors (Lipinski definition) is 1. The minimum Gasteiger partial charge on any atom is -0.455 e. The Bertz CT molecular complexity index is 1840. The molecule has 52 heavy (non-hydrogen) atoms. The van der Waals surface area contributed by atoms with Crippen molar-refractivity contribution in [2.45, 2.75) is 80.5 Å². The van der Waals surface area contributed by atoms with E-state index in [0.717, 1.165) is 5.52 Å². The van der Waals surface area contributed by atoms with Crippen LogP contribution in [0, 0.1) is 11.8 Å². The van der Waals surface area contributed by atoms with Gasteiger partial charge in [-0.1, -0.05) is 75.8 Å². The Morgan fingerprint density at radius 1 is 1.13 bits per heavy atom. The zero-order chi connectivity index (χ0) is 37.3. The minimum absolute atomic E-state index is 0.0144. The van der Waals surface area contributed by atoms with Crippen molar-refractivity contribution >= 4 is 50.7 Å². The number of hydrogen-bond acceptors (Lipinski definition) is 9. The maximum absolute atomic E-state index is 14.8. The molecule has 0 saturated carbocycles. The number of allylic oxidation sites excluding steroid dienone is 1. The van der Waals surface area contributed by atoms with Gasteiger partial charge in [0.05, 0.1) is 42.1 Å². The summed E-state index contributed by atoms with van der Waals surface area (Å²) in [6, 6.07) is 14.1. The largest absolute Gasteiger partial charge is 0.455 e. The van der Waals surface area contributed by atoms with Gasteiger partial charge in [0.25, 0.3) is 0 Å². The lowest BCUT2D eigenvalue weighted by Gasteiger charge is -2.38. The highest BCUT2D eigenvalue weighted by atomic mass is 79.9. The summed E-state index contributed by atoms with van der Waals surface area (Å²) in [6.07, 6.45) is 2.67. The molecule has 1 unspecified atom stereocenters. The first-order valence-corrected chi connectivity index (χ1v) is 18.4. The van der Waals surface area contributed by atoms with Gasteiger partial charge in [-0.25, -0.2) is 4.68 Å². The number of carbonyl (C=O) groups is 4. The highest BCUT2D eigenvalue weighted by Crippen LogP contribution is 2.61. The van der Waals surface area contributed by atoms with Crippen LogP contribution in [0.25, 0.3) is 11.0 Å². The standard InChI is InChI=1S/C38H45BrN6O7/c1-6-8-18-29(47)42(5)24(4)32(25-14-10-9-11-15-25)51-37(50)30-31-35(48)45(23(3)21-46)34(38(31)20-26(39)33(30)52-38)36(49)43(19-7-2)22-44-28-17-13-12-16-27(28)40-41-44/h6-7,9-17,23-24,26,30-34,46H,1-2,8,18-22H2,3-5H3/t23-,24-,26?,30+,31-,32+,33+,34+,38-/m1/s1. The molecule has 3 aliphatic rings. The fraction of sp³-hybridized carbons (Fsp3) is 0.474. The smallest absolute Gasteiger partial charge is 0.313 e. The van der Waals surface area contributed by atoms with Crippen LogP contribution in [0.1, 0.15) is 44.8 Å². The fourth-order valence-electron chi connectivity index (χ4n) is 8.03. The van der Waals surface area contributed by atoms with E-state index in [2.05, 4.69) is 39.4 Å². The summed E-state index contributed by atoms with van der Waals surface area (Å²) in [4.78, 5) is 61.1. The van der Waals surface area contributed by atoms with E-state index in [1.807, 2.05) is 61.5 Å². The average molecular weight is 778 g/mol. The van der Waals surface area contributed by atoms with Gasteiger partial charge in [-0.15, -0.1) is 18.3 Å². The molecule has 4 heterocycles. The number of benzene rings is 2. The monoisotopic (exact) mass is 776 g/mol. The van der Waals surface area contributed by atoms with Gasteiger partial charge in [-0.05, 0) is 44.4 Å². The van der Waals surface area contributed by atoms with Crippen molar-refractivity contribution in [2.24, 2.45) is 11.8 Å². The van der Waals surface area contributed by atoms with Crippen molar-refractivity contribution in [3.63, 3.8) is 0 Å². The normalized spacial score (nSPS) is 26.4. The van der Waals surface area contributed by atoms with Crippen LogP contribution in [-0.2, 0) is 35.3 Å². The summed E-state index contributed by atoms with van der Waals surface area (Å²) >= 11 is 3.72. The molecule has 6 rings (SSSR count). The van der Waals surface area contributed by atoms with Crippen LogP contribution in [0.2, 0.25) is 0 Å². The van der Waals surface area contributed by atoms with E-state index in [1.165, 1.54) is 9.80 Å². The first-order chi connectivity index (χ1) is 25.0. The van der Waals surface area contributed by atoms with Gasteiger partial charge in [0.2, 0.25) is 17.7 Å². The van der Waals surface area contributed by atoms with Gasteiger partial charge in [0.1, 0.15) is 29.9 Å². The van der Waals surface area contributed by atoms with E-state index in [9.17, 15) is 24.3 Å². The van der Waals surface area contributed by atoms with Crippen LogP contribution in [0.4, 0.5) is 0 Å². The summed E-state index contributed by atoms with van der Waals surface area (Å²) in [5.74, 6) is -3.81. The Kier molecular flexibility index (Phi) is 11.0. The number of amides is 3. The number of alkyl halides is 1. The van der Waals surface area contributed by atoms with Gasteiger partial charge >= 0.3 is 5.97 Å². The zero-order valence-electron chi connectivity index (χ0n) is 29.6. The Morgan fingerprint density at radius 2 is 1.85 bits per heavy atom. The zero-order valence-corrected chi connectivity index (χ0v) is 31.2. The number of halogens is 1. The predicted molar refractivity (Wildman–Crippen MR) is 195 cm³/mol. The molecule has 1 spiro atoms. The molecule has 0 aliphatic carbocycles. The molecule has 2 aromatic carbocycles. The number of carbonyl (C=O) groups excluding carboxylic acids is 4. The summed E-state index contributed by atoms with van der Waals surface area (Å²) in [6.45, 7) is 10.8. The first kappa shape index (κ1) is 37.4. The predicted octanol–water partition coefficient (Wildman–Crippen LogP) is 3.63. The molecule has 3 saturated heterocycles. The third-order valence-electron chi connectivity index (χ3n) is 10.7. The number of ether oxygens (including phenoxy) is 2. The van der Waals surface area contributed by atoms with Crippen molar-refractivity contribution < 1.29 is 33.8 Å². The topological polar surface area (TPSA) is 147 Å². The molecule has 3 aliphatic heterocycles. The van der Waals surface area contributed by atoms with Crippen LogP contribution in [0.15, 0.2) is 79.9 Å². The van der Waals surface area contributed by atoms with Crippen molar-refractivity contribution in [1.29, 1.82) is 0 Å². The van der Waals surface area contributed by atoms with Gasteiger partial charge < -0.3 is 29.3 Å². The van der Waals surface area contributed by atoms with Crippen molar-refractivity contribution in [3.05, 3.63) is 85.5 Å². The van der Waals surface area contributed by atoms with E-state index >= 15 is 0 Å². The SMILES string of the molecule is C=CCCC(=O)N(C)[C@H](C)[C@H](OC(=O)[C@@H]1[C@H]2O[C@@]3(CC2Br)[C@H](C(=O)N(CC=C)Cn2nnc4ccccc42)N([C@H](C)CO)C(=O)[C@@H]13)c1ccccc1. The number of fused-ring (bicyclic) bond motifs is 2. The molecule has 3 amide bonds. The Balaban J connectivity index is 1.34. The van der Waals surface area contributed by atoms with Crippen LogP contribution >= 0.6 is 15.9 Å². The molecular formula is C38H45BrN6O7.